The van der Waals surface area contributed by atoms with Crippen molar-refractivity contribution in [3.63, 3.8) is 0 Å². The molecule has 1 aromatic rings. The summed E-state index contributed by atoms with van der Waals surface area (Å²) in [6.45, 7) is 2.01. The molecule has 0 aliphatic heterocycles. The third-order valence-corrected chi connectivity index (χ3v) is 4.56. The molecule has 2 rings (SSSR count). The molecule has 2 N–H and O–H groups in total. The van der Waals surface area contributed by atoms with Crippen molar-refractivity contribution in [2.75, 3.05) is 6.61 Å². The van der Waals surface area contributed by atoms with Gasteiger partial charge in [-0.15, -0.1) is 11.3 Å². The summed E-state index contributed by atoms with van der Waals surface area (Å²) in [5.41, 5.74) is 0. The van der Waals surface area contributed by atoms with Crippen LogP contribution in [0.15, 0.2) is 24.3 Å². The van der Waals surface area contributed by atoms with E-state index in [1.165, 1.54) is 11.3 Å². The van der Waals surface area contributed by atoms with Gasteiger partial charge in [-0.05, 0) is 25.5 Å². The Bertz CT molecular complexity index is 458. The molecule has 1 aliphatic carbocycles. The molecule has 1 aromatic heterocycles. The topological polar surface area (TPSA) is 49.3 Å². The van der Waals surface area contributed by atoms with Gasteiger partial charge in [-0.1, -0.05) is 23.8 Å². The lowest BCUT2D eigenvalue weighted by atomic mass is 10.1. The number of aliphatic hydroxyl groups excluding tert-OH is 1. The summed E-state index contributed by atoms with van der Waals surface area (Å²) in [6.07, 6.45) is 4.69. The molecule has 5 heteroatoms. The SMILES string of the molecule is CC(C(=O)N[C@@H]1C=C[C@H](CO)C1)c1ccc(Cl)s1. The first-order valence-corrected chi connectivity index (χ1v) is 7.14. The van der Waals surface area contributed by atoms with Gasteiger partial charge in [-0.25, -0.2) is 0 Å². The molecular weight excluding hydrogens is 270 g/mol. The molecule has 98 valence electrons. The van der Waals surface area contributed by atoms with E-state index in [0.29, 0.717) is 4.34 Å². The largest absolute Gasteiger partial charge is 0.396 e. The van der Waals surface area contributed by atoms with E-state index in [1.54, 1.807) is 0 Å². The number of thiophene rings is 1. The fourth-order valence-corrected chi connectivity index (χ4v) is 3.13. The lowest BCUT2D eigenvalue weighted by Crippen LogP contribution is -2.35. The normalized spacial score (nSPS) is 24.2. The van der Waals surface area contributed by atoms with Crippen LogP contribution in [0, 0.1) is 5.92 Å². The van der Waals surface area contributed by atoms with Crippen LogP contribution in [0.2, 0.25) is 4.34 Å². The van der Waals surface area contributed by atoms with Crippen molar-refractivity contribution in [1.29, 1.82) is 0 Å². The Labute approximate surface area is 115 Å². The lowest BCUT2D eigenvalue weighted by molar-refractivity contribution is -0.122. The first-order valence-electron chi connectivity index (χ1n) is 5.95. The molecular formula is C13H16ClNO2S. The number of carbonyl (C=O) groups is 1. The van der Waals surface area contributed by atoms with E-state index in [9.17, 15) is 4.79 Å². The zero-order valence-electron chi connectivity index (χ0n) is 10.1. The number of hydrogen-bond acceptors (Lipinski definition) is 3. The van der Waals surface area contributed by atoms with Crippen molar-refractivity contribution in [1.82, 2.24) is 5.32 Å². The Kier molecular flexibility index (Phi) is 4.43. The molecule has 0 spiro atoms. The molecule has 0 saturated heterocycles. The number of carbonyl (C=O) groups excluding carboxylic acids is 1. The fraction of sp³-hybridized carbons (Fsp3) is 0.462. The summed E-state index contributed by atoms with van der Waals surface area (Å²) in [7, 11) is 0. The van der Waals surface area contributed by atoms with Gasteiger partial charge in [0, 0.05) is 23.4 Å². The first-order chi connectivity index (χ1) is 8.60. The summed E-state index contributed by atoms with van der Waals surface area (Å²) in [4.78, 5) is 13.0. The number of nitrogens with one attached hydrogen (secondary N) is 1. The van der Waals surface area contributed by atoms with E-state index in [1.807, 2.05) is 31.2 Å². The molecule has 0 radical (unpaired) electrons. The van der Waals surface area contributed by atoms with Crippen molar-refractivity contribution in [2.24, 2.45) is 5.92 Å². The van der Waals surface area contributed by atoms with Gasteiger partial charge in [0.05, 0.1) is 10.3 Å². The highest BCUT2D eigenvalue weighted by Gasteiger charge is 2.23. The minimum Gasteiger partial charge on any atom is -0.396 e. The van der Waals surface area contributed by atoms with Crippen LogP contribution < -0.4 is 5.32 Å². The number of hydrogen-bond donors (Lipinski definition) is 2. The summed E-state index contributed by atoms with van der Waals surface area (Å²) in [5.74, 6) is -0.0207. The van der Waals surface area contributed by atoms with Crippen molar-refractivity contribution < 1.29 is 9.90 Å². The molecule has 3 atom stereocenters. The van der Waals surface area contributed by atoms with Crippen LogP contribution in [0.3, 0.4) is 0 Å². The maximum absolute atomic E-state index is 12.1. The van der Waals surface area contributed by atoms with Crippen molar-refractivity contribution in [3.8, 4) is 0 Å². The van der Waals surface area contributed by atoms with Crippen molar-refractivity contribution >= 4 is 28.8 Å². The van der Waals surface area contributed by atoms with E-state index in [-0.39, 0.29) is 30.4 Å². The summed E-state index contributed by atoms with van der Waals surface area (Å²) >= 11 is 7.30. The van der Waals surface area contributed by atoms with Crippen LogP contribution in [-0.2, 0) is 4.79 Å². The van der Waals surface area contributed by atoms with E-state index in [4.69, 9.17) is 16.7 Å². The van der Waals surface area contributed by atoms with Gasteiger partial charge in [-0.3, -0.25) is 4.79 Å². The molecule has 0 saturated carbocycles. The third kappa shape index (κ3) is 3.13. The van der Waals surface area contributed by atoms with E-state index in [0.717, 1.165) is 11.3 Å². The van der Waals surface area contributed by atoms with Gasteiger partial charge in [0.2, 0.25) is 5.91 Å². The zero-order chi connectivity index (χ0) is 13.1. The number of rotatable bonds is 4. The number of amides is 1. The molecule has 0 fully saturated rings. The van der Waals surface area contributed by atoms with Gasteiger partial charge in [0.15, 0.2) is 0 Å². The fourth-order valence-electron chi connectivity index (χ4n) is 2.01. The molecule has 0 bridgehead atoms. The second-order valence-corrected chi connectivity index (χ2v) is 6.29. The van der Waals surface area contributed by atoms with Crippen molar-refractivity contribution in [3.05, 3.63) is 33.5 Å². The lowest BCUT2D eigenvalue weighted by Gasteiger charge is -2.16. The Morgan fingerprint density at radius 2 is 2.39 bits per heavy atom. The standard InChI is InChI=1S/C13H16ClNO2S/c1-8(11-4-5-12(14)18-11)13(17)15-10-3-2-9(6-10)7-16/h2-5,8-10,16H,6-7H2,1H3,(H,15,17)/t8?,9-,10+/m0/s1. The Hall–Kier alpha value is -0.840. The molecule has 18 heavy (non-hydrogen) atoms. The Morgan fingerprint density at radius 1 is 1.61 bits per heavy atom. The minimum absolute atomic E-state index is 0.00163. The van der Waals surface area contributed by atoms with Gasteiger partial charge in [-0.2, -0.15) is 0 Å². The number of aliphatic hydroxyl groups is 1. The van der Waals surface area contributed by atoms with Crippen LogP contribution in [0.4, 0.5) is 0 Å². The maximum Gasteiger partial charge on any atom is 0.228 e. The summed E-state index contributed by atoms with van der Waals surface area (Å²) in [6, 6.07) is 3.73. The van der Waals surface area contributed by atoms with E-state index < -0.39 is 0 Å². The van der Waals surface area contributed by atoms with Crippen LogP contribution >= 0.6 is 22.9 Å². The second kappa shape index (κ2) is 5.87. The molecule has 1 heterocycles. The average molecular weight is 286 g/mol. The van der Waals surface area contributed by atoms with E-state index >= 15 is 0 Å². The van der Waals surface area contributed by atoms with E-state index in [2.05, 4.69) is 5.32 Å². The molecule has 1 aliphatic rings. The van der Waals surface area contributed by atoms with Gasteiger partial charge in [0.1, 0.15) is 0 Å². The quantitative estimate of drug-likeness (QED) is 0.836. The average Bonchev–Trinajstić information content (AvgIpc) is 2.97. The molecule has 3 nitrogen and oxygen atoms in total. The zero-order valence-corrected chi connectivity index (χ0v) is 11.7. The smallest absolute Gasteiger partial charge is 0.228 e. The van der Waals surface area contributed by atoms with Crippen molar-refractivity contribution in [2.45, 2.75) is 25.3 Å². The predicted molar refractivity (Wildman–Crippen MR) is 74.0 cm³/mol. The first kappa shape index (κ1) is 13.6. The van der Waals surface area contributed by atoms with Gasteiger partial charge >= 0.3 is 0 Å². The highest BCUT2D eigenvalue weighted by molar-refractivity contribution is 7.16. The highest BCUT2D eigenvalue weighted by Crippen LogP contribution is 2.28. The Morgan fingerprint density at radius 3 is 2.94 bits per heavy atom. The maximum atomic E-state index is 12.1. The number of halogens is 1. The van der Waals surface area contributed by atoms with Crippen LogP contribution in [0.25, 0.3) is 0 Å². The predicted octanol–water partition coefficient (Wildman–Crippen LogP) is 2.56. The van der Waals surface area contributed by atoms with Crippen LogP contribution in [0.5, 0.6) is 0 Å². The summed E-state index contributed by atoms with van der Waals surface area (Å²) < 4.78 is 0.700. The highest BCUT2D eigenvalue weighted by atomic mass is 35.5. The second-order valence-electron chi connectivity index (χ2n) is 4.54. The third-order valence-electron chi connectivity index (χ3n) is 3.15. The van der Waals surface area contributed by atoms with Gasteiger partial charge in [0.25, 0.3) is 0 Å². The van der Waals surface area contributed by atoms with Crippen LogP contribution in [0.1, 0.15) is 24.1 Å². The monoisotopic (exact) mass is 285 g/mol. The van der Waals surface area contributed by atoms with Gasteiger partial charge < -0.3 is 10.4 Å². The molecule has 1 amide bonds. The summed E-state index contributed by atoms with van der Waals surface area (Å²) in [5, 5.41) is 12.0. The Balaban J connectivity index is 1.91. The minimum atomic E-state index is -0.191. The molecule has 1 unspecified atom stereocenters. The van der Waals surface area contributed by atoms with Crippen LogP contribution in [-0.4, -0.2) is 23.7 Å². The molecule has 0 aromatic carbocycles.